The largest absolute Gasteiger partial charge is 0.495 e. The Balaban J connectivity index is 1.92. The van der Waals surface area contributed by atoms with Gasteiger partial charge in [-0.3, -0.25) is 9.69 Å². The molecule has 0 radical (unpaired) electrons. The summed E-state index contributed by atoms with van der Waals surface area (Å²) in [6.07, 6.45) is 0. The lowest BCUT2D eigenvalue weighted by molar-refractivity contribution is -0.139. The number of carboxylic acids is 1. The third kappa shape index (κ3) is 3.40. The van der Waals surface area contributed by atoms with Gasteiger partial charge in [-0.25, -0.2) is 0 Å². The Bertz CT molecular complexity index is 459. The summed E-state index contributed by atoms with van der Waals surface area (Å²) in [5, 5.41) is 8.83. The molecule has 1 aromatic carbocycles. The number of rotatable bonds is 5. The maximum Gasteiger partial charge on any atom is 0.321 e. The van der Waals surface area contributed by atoms with Gasteiger partial charge in [-0.15, -0.1) is 0 Å². The van der Waals surface area contributed by atoms with Crippen molar-refractivity contribution in [1.29, 1.82) is 0 Å². The Morgan fingerprint density at radius 3 is 2.60 bits per heavy atom. The van der Waals surface area contributed by atoms with Crippen LogP contribution in [0.2, 0.25) is 0 Å². The number of anilines is 1. The maximum absolute atomic E-state index is 10.8. The Labute approximate surface area is 118 Å². The summed E-state index contributed by atoms with van der Waals surface area (Å²) in [7, 11) is 1.67. The van der Waals surface area contributed by atoms with Crippen molar-refractivity contribution in [2.45, 2.75) is 6.04 Å². The number of benzene rings is 1. The smallest absolute Gasteiger partial charge is 0.321 e. The molecule has 1 heterocycles. The minimum atomic E-state index is -0.947. The lowest BCUT2D eigenvalue weighted by atomic mass is 10.2. The van der Waals surface area contributed by atoms with Crippen molar-refractivity contribution in [2.75, 3.05) is 44.7 Å². The molecule has 110 valence electrons. The first kappa shape index (κ1) is 14.6. The third-order valence-corrected chi connectivity index (χ3v) is 3.57. The lowest BCUT2D eigenvalue weighted by Crippen LogP contribution is -2.51. The van der Waals surface area contributed by atoms with Crippen molar-refractivity contribution in [3.63, 3.8) is 0 Å². The average Bonchev–Trinajstić information content (AvgIpc) is 2.48. The van der Waals surface area contributed by atoms with Gasteiger partial charge in [0.25, 0.3) is 0 Å². The first-order valence-electron chi connectivity index (χ1n) is 6.70. The first-order chi connectivity index (χ1) is 9.61. The molecule has 20 heavy (non-hydrogen) atoms. The molecule has 1 aliphatic rings. The molecule has 0 aliphatic carbocycles. The summed E-state index contributed by atoms with van der Waals surface area (Å²) in [5.41, 5.74) is 6.64. The zero-order valence-electron chi connectivity index (χ0n) is 11.7. The number of carboxylic acid groups (broad SMARTS) is 1. The number of ether oxygens (including phenoxy) is 1. The monoisotopic (exact) mass is 279 g/mol. The quantitative estimate of drug-likeness (QED) is 0.803. The molecule has 2 rings (SSSR count). The molecule has 1 aromatic rings. The molecule has 6 heteroatoms. The van der Waals surface area contributed by atoms with Crippen molar-refractivity contribution in [3.8, 4) is 5.75 Å². The second-order valence-electron chi connectivity index (χ2n) is 4.90. The average molecular weight is 279 g/mol. The van der Waals surface area contributed by atoms with Crippen LogP contribution in [0.25, 0.3) is 0 Å². The van der Waals surface area contributed by atoms with Gasteiger partial charge in [0, 0.05) is 32.7 Å². The molecule has 6 nitrogen and oxygen atoms in total. The van der Waals surface area contributed by atoms with Gasteiger partial charge in [-0.2, -0.15) is 0 Å². The van der Waals surface area contributed by atoms with E-state index in [-0.39, 0.29) is 0 Å². The SMILES string of the molecule is COc1ccccc1N1CCN(CC(N)C(=O)O)CC1. The summed E-state index contributed by atoms with van der Waals surface area (Å²) < 4.78 is 5.37. The van der Waals surface area contributed by atoms with Gasteiger partial charge in [-0.1, -0.05) is 12.1 Å². The molecule has 0 aromatic heterocycles. The van der Waals surface area contributed by atoms with Crippen LogP contribution in [0.4, 0.5) is 5.69 Å². The lowest BCUT2D eigenvalue weighted by Gasteiger charge is -2.37. The van der Waals surface area contributed by atoms with Crippen LogP contribution in [0.5, 0.6) is 5.75 Å². The van der Waals surface area contributed by atoms with Crippen molar-refractivity contribution in [2.24, 2.45) is 5.73 Å². The Morgan fingerprint density at radius 2 is 2.00 bits per heavy atom. The minimum Gasteiger partial charge on any atom is -0.495 e. The highest BCUT2D eigenvalue weighted by Crippen LogP contribution is 2.28. The fourth-order valence-corrected chi connectivity index (χ4v) is 2.42. The second kappa shape index (κ2) is 6.58. The highest BCUT2D eigenvalue weighted by Gasteiger charge is 2.22. The molecule has 1 fully saturated rings. The zero-order valence-corrected chi connectivity index (χ0v) is 11.7. The maximum atomic E-state index is 10.8. The van der Waals surface area contributed by atoms with Crippen LogP contribution in [0, 0.1) is 0 Å². The molecule has 1 unspecified atom stereocenters. The fourth-order valence-electron chi connectivity index (χ4n) is 2.42. The van der Waals surface area contributed by atoms with Crippen LogP contribution < -0.4 is 15.4 Å². The van der Waals surface area contributed by atoms with E-state index in [1.165, 1.54) is 0 Å². The third-order valence-electron chi connectivity index (χ3n) is 3.57. The Morgan fingerprint density at radius 1 is 1.35 bits per heavy atom. The number of aliphatic carboxylic acids is 1. The number of carbonyl (C=O) groups is 1. The number of nitrogens with zero attached hydrogens (tertiary/aromatic N) is 2. The predicted octanol–water partition coefficient (Wildman–Crippen LogP) is 0.229. The van der Waals surface area contributed by atoms with E-state index in [0.717, 1.165) is 37.6 Å². The highest BCUT2D eigenvalue weighted by atomic mass is 16.5. The van der Waals surface area contributed by atoms with E-state index in [4.69, 9.17) is 15.6 Å². The molecule has 1 saturated heterocycles. The van der Waals surface area contributed by atoms with Gasteiger partial charge >= 0.3 is 5.97 Å². The molecule has 0 saturated carbocycles. The van der Waals surface area contributed by atoms with E-state index >= 15 is 0 Å². The van der Waals surface area contributed by atoms with Crippen LogP contribution in [-0.2, 0) is 4.79 Å². The second-order valence-corrected chi connectivity index (χ2v) is 4.90. The van der Waals surface area contributed by atoms with Gasteiger partial charge in [-0.05, 0) is 12.1 Å². The van der Waals surface area contributed by atoms with Crippen molar-refractivity contribution < 1.29 is 14.6 Å². The van der Waals surface area contributed by atoms with Crippen LogP contribution >= 0.6 is 0 Å². The topological polar surface area (TPSA) is 79.0 Å². The molecule has 0 bridgehead atoms. The summed E-state index contributed by atoms with van der Waals surface area (Å²) in [6, 6.07) is 7.11. The van der Waals surface area contributed by atoms with Crippen molar-refractivity contribution in [3.05, 3.63) is 24.3 Å². The first-order valence-corrected chi connectivity index (χ1v) is 6.70. The van der Waals surface area contributed by atoms with E-state index in [2.05, 4.69) is 9.80 Å². The van der Waals surface area contributed by atoms with Crippen LogP contribution in [-0.4, -0.2) is 61.9 Å². The van der Waals surface area contributed by atoms with E-state index in [1.807, 2.05) is 24.3 Å². The minimum absolute atomic E-state index is 0.398. The fraction of sp³-hybridized carbons (Fsp3) is 0.500. The van der Waals surface area contributed by atoms with Crippen molar-refractivity contribution >= 4 is 11.7 Å². The molecule has 1 aliphatic heterocycles. The molecule has 0 amide bonds. The number of hydrogen-bond acceptors (Lipinski definition) is 5. The van der Waals surface area contributed by atoms with E-state index < -0.39 is 12.0 Å². The van der Waals surface area contributed by atoms with Crippen LogP contribution in [0.3, 0.4) is 0 Å². The Kier molecular flexibility index (Phi) is 4.81. The van der Waals surface area contributed by atoms with Gasteiger partial charge in [0.1, 0.15) is 11.8 Å². The number of methoxy groups -OCH3 is 1. The van der Waals surface area contributed by atoms with E-state index in [0.29, 0.717) is 6.54 Å². The van der Waals surface area contributed by atoms with Gasteiger partial charge in [0.2, 0.25) is 0 Å². The van der Waals surface area contributed by atoms with Gasteiger partial charge < -0.3 is 20.5 Å². The standard InChI is InChI=1S/C14H21N3O3/c1-20-13-5-3-2-4-12(13)17-8-6-16(7-9-17)10-11(15)14(18)19/h2-5,11H,6-10,15H2,1H3,(H,18,19). The number of hydrogen-bond donors (Lipinski definition) is 2. The van der Waals surface area contributed by atoms with Crippen molar-refractivity contribution in [1.82, 2.24) is 4.90 Å². The number of para-hydroxylation sites is 2. The molecule has 0 spiro atoms. The van der Waals surface area contributed by atoms with E-state index in [1.54, 1.807) is 7.11 Å². The molecular formula is C14H21N3O3. The van der Waals surface area contributed by atoms with Gasteiger partial charge in [0.15, 0.2) is 0 Å². The Hall–Kier alpha value is -1.79. The van der Waals surface area contributed by atoms with Gasteiger partial charge in [0.05, 0.1) is 12.8 Å². The van der Waals surface area contributed by atoms with E-state index in [9.17, 15) is 4.79 Å². The summed E-state index contributed by atoms with van der Waals surface area (Å²) in [4.78, 5) is 15.1. The van der Waals surface area contributed by atoms with Crippen LogP contribution in [0.15, 0.2) is 24.3 Å². The molecule has 3 N–H and O–H groups in total. The normalized spacial score (nSPS) is 17.8. The van der Waals surface area contributed by atoms with Crippen LogP contribution in [0.1, 0.15) is 0 Å². The summed E-state index contributed by atoms with van der Waals surface area (Å²) in [6.45, 7) is 3.69. The zero-order chi connectivity index (χ0) is 14.5. The molecule has 1 atom stereocenters. The number of piperazine rings is 1. The predicted molar refractivity (Wildman–Crippen MR) is 77.3 cm³/mol. The highest BCUT2D eigenvalue weighted by molar-refractivity contribution is 5.73. The molecular weight excluding hydrogens is 258 g/mol. The summed E-state index contributed by atoms with van der Waals surface area (Å²) >= 11 is 0. The summed E-state index contributed by atoms with van der Waals surface area (Å²) in [5.74, 6) is -0.0830. The number of nitrogens with two attached hydrogens (primary N) is 1.